The third-order valence-electron chi connectivity index (χ3n) is 3.74. The molecule has 0 aliphatic carbocycles. The smallest absolute Gasteiger partial charge is 0.317 e. The van der Waals surface area contributed by atoms with Crippen molar-refractivity contribution in [3.8, 4) is 0 Å². The lowest BCUT2D eigenvalue weighted by molar-refractivity contribution is 0.203. The summed E-state index contributed by atoms with van der Waals surface area (Å²) in [5.74, 6) is 0. The van der Waals surface area contributed by atoms with Crippen LogP contribution >= 0.6 is 0 Å². The standard InChI is InChI=1S/C18H23N3O/c1-4-15-5-7-16(8-6-15)13-21(3)18(22)20-14(2)17-9-11-19-12-10-17/h5-12,14H,4,13H2,1-3H3,(H,20,22). The molecule has 2 amide bonds. The van der Waals surface area contributed by atoms with E-state index in [1.165, 1.54) is 5.56 Å². The van der Waals surface area contributed by atoms with Gasteiger partial charge in [-0.1, -0.05) is 31.2 Å². The van der Waals surface area contributed by atoms with Gasteiger partial charge in [-0.05, 0) is 42.2 Å². The lowest BCUT2D eigenvalue weighted by atomic mass is 10.1. The quantitative estimate of drug-likeness (QED) is 0.917. The maximum Gasteiger partial charge on any atom is 0.317 e. The predicted octanol–water partition coefficient (Wildman–Crippen LogP) is 3.55. The first kappa shape index (κ1) is 16.0. The lowest BCUT2D eigenvalue weighted by Crippen LogP contribution is -2.38. The highest BCUT2D eigenvalue weighted by atomic mass is 16.2. The number of aryl methyl sites for hydroxylation is 1. The summed E-state index contributed by atoms with van der Waals surface area (Å²) < 4.78 is 0. The average Bonchev–Trinajstić information content (AvgIpc) is 2.56. The minimum atomic E-state index is -0.0797. The van der Waals surface area contributed by atoms with Crippen LogP contribution in [0.5, 0.6) is 0 Å². The van der Waals surface area contributed by atoms with Crippen LogP contribution in [0.1, 0.15) is 36.6 Å². The molecule has 116 valence electrons. The van der Waals surface area contributed by atoms with Crippen LogP contribution < -0.4 is 5.32 Å². The molecule has 0 saturated carbocycles. The van der Waals surface area contributed by atoms with Crippen molar-refractivity contribution in [2.45, 2.75) is 32.9 Å². The van der Waals surface area contributed by atoms with Gasteiger partial charge in [-0.3, -0.25) is 4.98 Å². The molecule has 1 heterocycles. The molecule has 0 saturated heterocycles. The van der Waals surface area contributed by atoms with Crippen LogP contribution in [0.4, 0.5) is 4.79 Å². The second-order valence-corrected chi connectivity index (χ2v) is 5.48. The molecule has 1 atom stereocenters. The zero-order valence-electron chi connectivity index (χ0n) is 13.4. The molecule has 0 fully saturated rings. The molecule has 1 unspecified atom stereocenters. The fraction of sp³-hybridized carbons (Fsp3) is 0.333. The molecule has 0 spiro atoms. The van der Waals surface area contributed by atoms with Gasteiger partial charge in [0.1, 0.15) is 0 Å². The number of urea groups is 1. The molecule has 4 heteroatoms. The highest BCUT2D eigenvalue weighted by molar-refractivity contribution is 5.74. The van der Waals surface area contributed by atoms with Gasteiger partial charge in [0.2, 0.25) is 0 Å². The van der Waals surface area contributed by atoms with Crippen LogP contribution in [-0.4, -0.2) is 23.0 Å². The summed E-state index contributed by atoms with van der Waals surface area (Å²) in [6.45, 7) is 4.70. The molecule has 0 aliphatic rings. The number of benzene rings is 1. The maximum absolute atomic E-state index is 12.3. The fourth-order valence-electron chi connectivity index (χ4n) is 2.26. The van der Waals surface area contributed by atoms with Crippen molar-refractivity contribution in [2.24, 2.45) is 0 Å². The Morgan fingerprint density at radius 2 is 1.73 bits per heavy atom. The molecule has 1 N–H and O–H groups in total. The van der Waals surface area contributed by atoms with Crippen molar-refractivity contribution in [3.63, 3.8) is 0 Å². The van der Waals surface area contributed by atoms with Crippen LogP contribution in [0, 0.1) is 0 Å². The summed E-state index contributed by atoms with van der Waals surface area (Å²) in [6, 6.07) is 12.1. The second kappa shape index (κ2) is 7.59. The zero-order chi connectivity index (χ0) is 15.9. The molecular weight excluding hydrogens is 274 g/mol. The number of nitrogens with one attached hydrogen (secondary N) is 1. The molecule has 22 heavy (non-hydrogen) atoms. The Kier molecular flexibility index (Phi) is 5.53. The minimum absolute atomic E-state index is 0.0413. The van der Waals surface area contributed by atoms with Gasteiger partial charge in [0.05, 0.1) is 6.04 Å². The van der Waals surface area contributed by atoms with Gasteiger partial charge in [0, 0.05) is 26.0 Å². The third kappa shape index (κ3) is 4.32. The molecule has 0 bridgehead atoms. The number of rotatable bonds is 5. The van der Waals surface area contributed by atoms with E-state index >= 15 is 0 Å². The summed E-state index contributed by atoms with van der Waals surface area (Å²) in [5, 5.41) is 3.00. The normalized spacial score (nSPS) is 11.8. The van der Waals surface area contributed by atoms with Crippen molar-refractivity contribution in [1.29, 1.82) is 0 Å². The van der Waals surface area contributed by atoms with Gasteiger partial charge < -0.3 is 10.2 Å². The molecular formula is C18H23N3O. The van der Waals surface area contributed by atoms with E-state index in [2.05, 4.69) is 41.5 Å². The van der Waals surface area contributed by atoms with Crippen LogP contribution in [-0.2, 0) is 13.0 Å². The first-order valence-corrected chi connectivity index (χ1v) is 7.59. The molecule has 0 radical (unpaired) electrons. The fourth-order valence-corrected chi connectivity index (χ4v) is 2.26. The number of carbonyl (C=O) groups excluding carboxylic acids is 1. The van der Waals surface area contributed by atoms with Gasteiger partial charge in [-0.15, -0.1) is 0 Å². The Morgan fingerprint density at radius 3 is 2.32 bits per heavy atom. The average molecular weight is 297 g/mol. The van der Waals surface area contributed by atoms with Gasteiger partial charge >= 0.3 is 6.03 Å². The molecule has 1 aromatic carbocycles. The topological polar surface area (TPSA) is 45.2 Å². The molecule has 1 aromatic heterocycles. The second-order valence-electron chi connectivity index (χ2n) is 5.48. The van der Waals surface area contributed by atoms with Crippen molar-refractivity contribution in [2.75, 3.05) is 7.05 Å². The number of hydrogen-bond acceptors (Lipinski definition) is 2. The van der Waals surface area contributed by atoms with Gasteiger partial charge in [-0.25, -0.2) is 4.79 Å². The van der Waals surface area contributed by atoms with E-state index in [9.17, 15) is 4.79 Å². The first-order chi connectivity index (χ1) is 10.6. The summed E-state index contributed by atoms with van der Waals surface area (Å²) in [6.07, 6.45) is 4.49. The monoisotopic (exact) mass is 297 g/mol. The highest BCUT2D eigenvalue weighted by Gasteiger charge is 2.13. The summed E-state index contributed by atoms with van der Waals surface area (Å²) in [4.78, 5) is 17.9. The molecule has 2 rings (SSSR count). The maximum atomic E-state index is 12.3. The van der Waals surface area contributed by atoms with Crippen molar-refractivity contribution in [1.82, 2.24) is 15.2 Å². The third-order valence-corrected chi connectivity index (χ3v) is 3.74. The van der Waals surface area contributed by atoms with Crippen LogP contribution in [0.2, 0.25) is 0 Å². The summed E-state index contributed by atoms with van der Waals surface area (Å²) in [7, 11) is 1.81. The van der Waals surface area contributed by atoms with E-state index in [-0.39, 0.29) is 12.1 Å². The first-order valence-electron chi connectivity index (χ1n) is 7.59. The van der Waals surface area contributed by atoms with Crippen LogP contribution in [0.3, 0.4) is 0 Å². The van der Waals surface area contributed by atoms with Crippen LogP contribution in [0.25, 0.3) is 0 Å². The predicted molar refractivity (Wildman–Crippen MR) is 88.5 cm³/mol. The van der Waals surface area contributed by atoms with Crippen molar-refractivity contribution in [3.05, 3.63) is 65.5 Å². The number of aromatic nitrogens is 1. The van der Waals surface area contributed by atoms with E-state index in [1.54, 1.807) is 17.3 Å². The van der Waals surface area contributed by atoms with Crippen molar-refractivity contribution < 1.29 is 4.79 Å². The number of amides is 2. The SMILES string of the molecule is CCc1ccc(CN(C)C(=O)NC(C)c2ccncc2)cc1. The minimum Gasteiger partial charge on any atom is -0.331 e. The van der Waals surface area contributed by atoms with Gasteiger partial charge in [0.25, 0.3) is 0 Å². The molecule has 2 aromatic rings. The lowest BCUT2D eigenvalue weighted by Gasteiger charge is -2.21. The van der Waals surface area contributed by atoms with E-state index in [1.807, 2.05) is 26.1 Å². The Labute approximate surface area is 132 Å². The largest absolute Gasteiger partial charge is 0.331 e. The van der Waals surface area contributed by atoms with E-state index in [0.717, 1.165) is 17.5 Å². The number of nitrogens with zero attached hydrogens (tertiary/aromatic N) is 2. The number of pyridine rings is 1. The van der Waals surface area contributed by atoms with Crippen molar-refractivity contribution >= 4 is 6.03 Å². The summed E-state index contributed by atoms with van der Waals surface area (Å²) >= 11 is 0. The highest BCUT2D eigenvalue weighted by Crippen LogP contribution is 2.12. The Balaban J connectivity index is 1.91. The Bertz CT molecular complexity index is 595. The van der Waals surface area contributed by atoms with Crippen LogP contribution in [0.15, 0.2) is 48.8 Å². The van der Waals surface area contributed by atoms with E-state index in [4.69, 9.17) is 0 Å². The van der Waals surface area contributed by atoms with Gasteiger partial charge in [-0.2, -0.15) is 0 Å². The number of hydrogen-bond donors (Lipinski definition) is 1. The van der Waals surface area contributed by atoms with Gasteiger partial charge in [0.15, 0.2) is 0 Å². The zero-order valence-corrected chi connectivity index (χ0v) is 13.4. The van der Waals surface area contributed by atoms with E-state index in [0.29, 0.717) is 6.54 Å². The molecule has 4 nitrogen and oxygen atoms in total. The van der Waals surface area contributed by atoms with E-state index < -0.39 is 0 Å². The number of carbonyl (C=O) groups is 1. The summed E-state index contributed by atoms with van der Waals surface area (Å²) in [5.41, 5.74) is 3.48. The Hall–Kier alpha value is -2.36. The Morgan fingerprint density at radius 1 is 1.14 bits per heavy atom. The molecule has 0 aliphatic heterocycles.